The SMILES string of the molecule is Cc1c(N2CCCCCC2C)cc(C(=O)O)cc1[N+](=O)[O-]. The van der Waals surface area contributed by atoms with Gasteiger partial charge in [-0.1, -0.05) is 12.8 Å². The number of anilines is 1. The van der Waals surface area contributed by atoms with E-state index in [-0.39, 0.29) is 17.3 Å². The van der Waals surface area contributed by atoms with E-state index < -0.39 is 10.9 Å². The van der Waals surface area contributed by atoms with Crippen LogP contribution in [-0.4, -0.2) is 28.6 Å². The molecule has 114 valence electrons. The molecule has 0 bridgehead atoms. The van der Waals surface area contributed by atoms with E-state index in [0.717, 1.165) is 38.3 Å². The Bertz CT molecular complexity index is 571. The lowest BCUT2D eigenvalue weighted by atomic mass is 10.0. The molecule has 21 heavy (non-hydrogen) atoms. The van der Waals surface area contributed by atoms with Crippen molar-refractivity contribution in [2.24, 2.45) is 0 Å². The van der Waals surface area contributed by atoms with Gasteiger partial charge in [0.1, 0.15) is 0 Å². The number of nitrogens with zero attached hydrogens (tertiary/aromatic N) is 2. The molecule has 1 fully saturated rings. The van der Waals surface area contributed by atoms with Crippen LogP contribution in [-0.2, 0) is 0 Å². The van der Waals surface area contributed by atoms with Crippen molar-refractivity contribution in [3.63, 3.8) is 0 Å². The quantitative estimate of drug-likeness (QED) is 0.682. The average Bonchev–Trinajstić information content (AvgIpc) is 2.63. The summed E-state index contributed by atoms with van der Waals surface area (Å²) in [6.45, 7) is 4.59. The van der Waals surface area contributed by atoms with Crippen LogP contribution < -0.4 is 4.90 Å². The van der Waals surface area contributed by atoms with E-state index in [1.165, 1.54) is 0 Å². The monoisotopic (exact) mass is 292 g/mol. The van der Waals surface area contributed by atoms with E-state index in [4.69, 9.17) is 0 Å². The van der Waals surface area contributed by atoms with E-state index in [9.17, 15) is 20.0 Å². The van der Waals surface area contributed by atoms with E-state index in [2.05, 4.69) is 11.8 Å². The van der Waals surface area contributed by atoms with E-state index >= 15 is 0 Å². The minimum Gasteiger partial charge on any atom is -0.478 e. The van der Waals surface area contributed by atoms with Crippen LogP contribution in [0.2, 0.25) is 0 Å². The van der Waals surface area contributed by atoms with Crippen molar-refractivity contribution < 1.29 is 14.8 Å². The molecule has 0 radical (unpaired) electrons. The number of hydrogen-bond donors (Lipinski definition) is 1. The molecular weight excluding hydrogens is 272 g/mol. The largest absolute Gasteiger partial charge is 0.478 e. The lowest BCUT2D eigenvalue weighted by Gasteiger charge is -2.31. The van der Waals surface area contributed by atoms with Gasteiger partial charge in [-0.2, -0.15) is 0 Å². The third-order valence-electron chi connectivity index (χ3n) is 4.16. The molecule has 1 aromatic carbocycles. The Labute approximate surface area is 123 Å². The molecule has 0 amide bonds. The predicted octanol–water partition coefficient (Wildman–Crippen LogP) is 3.37. The third kappa shape index (κ3) is 3.15. The summed E-state index contributed by atoms with van der Waals surface area (Å²) in [5.74, 6) is -1.14. The first-order chi connectivity index (χ1) is 9.91. The molecule has 0 aliphatic carbocycles. The van der Waals surface area contributed by atoms with Gasteiger partial charge in [-0.3, -0.25) is 10.1 Å². The van der Waals surface area contributed by atoms with Gasteiger partial charge in [0.25, 0.3) is 5.69 Å². The highest BCUT2D eigenvalue weighted by molar-refractivity contribution is 5.90. The highest BCUT2D eigenvalue weighted by Gasteiger charge is 2.25. The number of hydrogen-bond acceptors (Lipinski definition) is 4. The van der Waals surface area contributed by atoms with Crippen LogP contribution in [0.15, 0.2) is 12.1 Å². The summed E-state index contributed by atoms with van der Waals surface area (Å²) in [4.78, 5) is 24.0. The van der Waals surface area contributed by atoms with Gasteiger partial charge in [-0.05, 0) is 32.8 Å². The second-order valence-electron chi connectivity index (χ2n) is 5.59. The summed E-state index contributed by atoms with van der Waals surface area (Å²) >= 11 is 0. The van der Waals surface area contributed by atoms with Crippen molar-refractivity contribution >= 4 is 17.3 Å². The maximum atomic E-state index is 11.2. The normalized spacial score (nSPS) is 19.1. The lowest BCUT2D eigenvalue weighted by Crippen LogP contribution is -2.33. The second kappa shape index (κ2) is 6.11. The molecule has 0 spiro atoms. The Hall–Kier alpha value is -2.11. The van der Waals surface area contributed by atoms with Crippen LogP contribution in [0.1, 0.15) is 48.5 Å². The first-order valence-electron chi connectivity index (χ1n) is 7.20. The topological polar surface area (TPSA) is 83.7 Å². The summed E-state index contributed by atoms with van der Waals surface area (Å²) in [5, 5.41) is 20.4. The number of nitro groups is 1. The molecule has 1 aromatic rings. The Morgan fingerprint density at radius 2 is 2.10 bits per heavy atom. The fourth-order valence-electron chi connectivity index (χ4n) is 2.93. The van der Waals surface area contributed by atoms with Crippen LogP contribution in [0.25, 0.3) is 0 Å². The second-order valence-corrected chi connectivity index (χ2v) is 5.59. The zero-order chi connectivity index (χ0) is 15.6. The van der Waals surface area contributed by atoms with Crippen molar-refractivity contribution in [1.29, 1.82) is 0 Å². The molecular formula is C15H20N2O4. The van der Waals surface area contributed by atoms with Gasteiger partial charge in [-0.15, -0.1) is 0 Å². The number of rotatable bonds is 3. The number of benzene rings is 1. The number of carbonyl (C=O) groups is 1. The zero-order valence-corrected chi connectivity index (χ0v) is 12.3. The van der Waals surface area contributed by atoms with Crippen LogP contribution in [0.4, 0.5) is 11.4 Å². The van der Waals surface area contributed by atoms with Crippen LogP contribution in [0.5, 0.6) is 0 Å². The maximum Gasteiger partial charge on any atom is 0.336 e. The number of carboxylic acid groups (broad SMARTS) is 1. The zero-order valence-electron chi connectivity index (χ0n) is 12.3. The standard InChI is InChI=1S/C15H20N2O4/c1-10-6-4-3-5-7-16(10)13-8-12(15(18)19)9-14(11(13)2)17(20)21/h8-10H,3-7H2,1-2H3,(H,18,19). The highest BCUT2D eigenvalue weighted by Crippen LogP contribution is 2.33. The first-order valence-corrected chi connectivity index (χ1v) is 7.20. The summed E-state index contributed by atoms with van der Waals surface area (Å²) in [6.07, 6.45) is 4.32. The molecule has 1 heterocycles. The maximum absolute atomic E-state index is 11.2. The van der Waals surface area contributed by atoms with Gasteiger partial charge in [0.05, 0.1) is 16.1 Å². The van der Waals surface area contributed by atoms with Crippen LogP contribution in [0, 0.1) is 17.0 Å². The fourth-order valence-corrected chi connectivity index (χ4v) is 2.93. The van der Waals surface area contributed by atoms with Gasteiger partial charge >= 0.3 is 5.97 Å². The average molecular weight is 292 g/mol. The number of nitro benzene ring substituents is 1. The number of carboxylic acids is 1. The lowest BCUT2D eigenvalue weighted by molar-refractivity contribution is -0.385. The molecule has 1 saturated heterocycles. The predicted molar refractivity (Wildman–Crippen MR) is 80.1 cm³/mol. The summed E-state index contributed by atoms with van der Waals surface area (Å²) < 4.78 is 0. The smallest absolute Gasteiger partial charge is 0.336 e. The Balaban J connectivity index is 2.55. The van der Waals surface area contributed by atoms with Crippen LogP contribution >= 0.6 is 0 Å². The Kier molecular flexibility index (Phi) is 4.45. The van der Waals surface area contributed by atoms with Gasteiger partial charge in [-0.25, -0.2) is 4.79 Å². The molecule has 1 aliphatic rings. The molecule has 6 heteroatoms. The summed E-state index contributed by atoms with van der Waals surface area (Å²) in [5.41, 5.74) is 1.06. The molecule has 0 saturated carbocycles. The van der Waals surface area contributed by atoms with Gasteiger partial charge in [0, 0.05) is 24.3 Å². The van der Waals surface area contributed by atoms with E-state index in [0.29, 0.717) is 11.3 Å². The van der Waals surface area contributed by atoms with Gasteiger partial charge in [0.2, 0.25) is 0 Å². The van der Waals surface area contributed by atoms with E-state index in [1.54, 1.807) is 13.0 Å². The van der Waals surface area contributed by atoms with Crippen molar-refractivity contribution in [2.75, 3.05) is 11.4 Å². The summed E-state index contributed by atoms with van der Waals surface area (Å²) in [7, 11) is 0. The van der Waals surface area contributed by atoms with Gasteiger partial charge in [0.15, 0.2) is 0 Å². The minimum atomic E-state index is -1.14. The van der Waals surface area contributed by atoms with Crippen molar-refractivity contribution in [3.8, 4) is 0 Å². The molecule has 0 aromatic heterocycles. The third-order valence-corrected chi connectivity index (χ3v) is 4.16. The van der Waals surface area contributed by atoms with Crippen molar-refractivity contribution in [1.82, 2.24) is 0 Å². The van der Waals surface area contributed by atoms with Crippen molar-refractivity contribution in [2.45, 2.75) is 45.6 Å². The van der Waals surface area contributed by atoms with Gasteiger partial charge < -0.3 is 10.0 Å². The minimum absolute atomic E-state index is 0.0289. The first kappa shape index (κ1) is 15.3. The molecule has 1 aliphatic heterocycles. The van der Waals surface area contributed by atoms with Crippen molar-refractivity contribution in [3.05, 3.63) is 33.4 Å². The molecule has 6 nitrogen and oxygen atoms in total. The molecule has 1 unspecified atom stereocenters. The summed E-state index contributed by atoms with van der Waals surface area (Å²) in [6, 6.07) is 2.96. The van der Waals surface area contributed by atoms with E-state index in [1.807, 2.05) is 0 Å². The Morgan fingerprint density at radius 1 is 1.38 bits per heavy atom. The fraction of sp³-hybridized carbons (Fsp3) is 0.533. The number of aromatic carboxylic acids is 1. The molecule has 1 atom stereocenters. The highest BCUT2D eigenvalue weighted by atomic mass is 16.6. The molecule has 2 rings (SSSR count). The Morgan fingerprint density at radius 3 is 2.71 bits per heavy atom. The van der Waals surface area contributed by atoms with Crippen LogP contribution in [0.3, 0.4) is 0 Å². The molecule has 1 N–H and O–H groups in total.